The van der Waals surface area contributed by atoms with Crippen molar-refractivity contribution in [3.63, 3.8) is 0 Å². The SMILES string of the molecule is C=CC(=O)OCCCS(=O)(=O)OCC(C)(C)c1ccccc1. The first-order chi connectivity index (χ1) is 10.3. The van der Waals surface area contributed by atoms with Crippen molar-refractivity contribution in [1.82, 2.24) is 0 Å². The van der Waals surface area contributed by atoms with E-state index in [1.807, 2.05) is 44.2 Å². The molecule has 0 atom stereocenters. The predicted octanol–water partition coefficient (Wildman–Crippen LogP) is 2.43. The van der Waals surface area contributed by atoms with E-state index in [4.69, 9.17) is 8.92 Å². The predicted molar refractivity (Wildman–Crippen MR) is 85.0 cm³/mol. The molecule has 1 aromatic rings. The van der Waals surface area contributed by atoms with Crippen molar-refractivity contribution >= 4 is 16.1 Å². The molecule has 0 aliphatic heterocycles. The summed E-state index contributed by atoms with van der Waals surface area (Å²) >= 11 is 0. The summed E-state index contributed by atoms with van der Waals surface area (Å²) in [4.78, 5) is 10.8. The Morgan fingerprint density at radius 1 is 1.27 bits per heavy atom. The molecule has 22 heavy (non-hydrogen) atoms. The van der Waals surface area contributed by atoms with Crippen molar-refractivity contribution in [3.8, 4) is 0 Å². The zero-order valence-electron chi connectivity index (χ0n) is 12.9. The first-order valence-corrected chi connectivity index (χ1v) is 8.56. The van der Waals surface area contributed by atoms with Crippen LogP contribution in [0.5, 0.6) is 0 Å². The molecule has 0 saturated heterocycles. The summed E-state index contributed by atoms with van der Waals surface area (Å²) in [6.45, 7) is 7.18. The van der Waals surface area contributed by atoms with Gasteiger partial charge in [-0.2, -0.15) is 8.42 Å². The van der Waals surface area contributed by atoms with Gasteiger partial charge in [-0.1, -0.05) is 50.8 Å². The number of carbonyl (C=O) groups is 1. The van der Waals surface area contributed by atoms with Gasteiger partial charge in [0.25, 0.3) is 10.1 Å². The Morgan fingerprint density at radius 3 is 2.50 bits per heavy atom. The summed E-state index contributed by atoms with van der Waals surface area (Å²) in [5.41, 5.74) is 0.592. The third kappa shape index (κ3) is 6.41. The van der Waals surface area contributed by atoms with Crippen LogP contribution in [0.3, 0.4) is 0 Å². The maximum atomic E-state index is 11.8. The van der Waals surface area contributed by atoms with Gasteiger partial charge in [0.15, 0.2) is 0 Å². The topological polar surface area (TPSA) is 69.7 Å². The maximum absolute atomic E-state index is 11.8. The van der Waals surface area contributed by atoms with Gasteiger partial charge in [0.1, 0.15) is 0 Å². The van der Waals surface area contributed by atoms with Crippen LogP contribution in [0.2, 0.25) is 0 Å². The number of esters is 1. The minimum absolute atomic E-state index is 0.0233. The summed E-state index contributed by atoms with van der Waals surface area (Å²) in [6, 6.07) is 9.58. The molecule has 0 fully saturated rings. The van der Waals surface area contributed by atoms with E-state index in [9.17, 15) is 13.2 Å². The van der Waals surface area contributed by atoms with Crippen LogP contribution in [-0.2, 0) is 29.2 Å². The number of rotatable bonds is 9. The molecule has 1 aromatic carbocycles. The van der Waals surface area contributed by atoms with Crippen molar-refractivity contribution in [2.75, 3.05) is 19.0 Å². The Hall–Kier alpha value is -1.66. The molecule has 0 spiro atoms. The fraction of sp³-hybridized carbons (Fsp3) is 0.438. The molecule has 0 unspecified atom stereocenters. The Morgan fingerprint density at radius 2 is 1.91 bits per heavy atom. The number of ether oxygens (including phenoxy) is 1. The molecule has 0 aromatic heterocycles. The summed E-state index contributed by atoms with van der Waals surface area (Å²) in [5.74, 6) is -0.758. The second kappa shape index (κ2) is 8.10. The highest BCUT2D eigenvalue weighted by Crippen LogP contribution is 2.23. The highest BCUT2D eigenvalue weighted by atomic mass is 32.2. The van der Waals surface area contributed by atoms with Crippen molar-refractivity contribution in [2.45, 2.75) is 25.7 Å². The van der Waals surface area contributed by atoms with E-state index >= 15 is 0 Å². The second-order valence-electron chi connectivity index (χ2n) is 5.50. The molecular formula is C16H22O5S. The minimum atomic E-state index is -3.64. The van der Waals surface area contributed by atoms with Gasteiger partial charge in [-0.05, 0) is 12.0 Å². The summed E-state index contributed by atoms with van der Waals surface area (Å²) in [6.07, 6.45) is 1.22. The lowest BCUT2D eigenvalue weighted by atomic mass is 9.86. The van der Waals surface area contributed by atoms with Gasteiger partial charge in [-0.25, -0.2) is 4.79 Å². The first kappa shape index (κ1) is 18.4. The fourth-order valence-electron chi connectivity index (χ4n) is 1.74. The molecule has 1 rings (SSSR count). The van der Waals surface area contributed by atoms with Crippen molar-refractivity contribution in [1.29, 1.82) is 0 Å². The fourth-order valence-corrected chi connectivity index (χ4v) is 2.80. The Kier molecular flexibility index (Phi) is 6.77. The Labute approximate surface area is 132 Å². The molecule has 0 N–H and O–H groups in total. The normalized spacial score (nSPS) is 11.9. The zero-order chi connectivity index (χ0) is 16.6. The van der Waals surface area contributed by atoms with Crippen LogP contribution >= 0.6 is 0 Å². The Balaban J connectivity index is 2.45. The van der Waals surface area contributed by atoms with Gasteiger partial charge >= 0.3 is 5.97 Å². The lowest BCUT2D eigenvalue weighted by Gasteiger charge is -2.24. The standard InChI is InChI=1S/C16H22O5S/c1-4-15(17)20-11-8-12-22(18,19)21-13-16(2,3)14-9-6-5-7-10-14/h4-7,9-10H,1,8,11-13H2,2-3H3. The van der Waals surface area contributed by atoms with Crippen LogP contribution < -0.4 is 0 Å². The van der Waals surface area contributed by atoms with Crippen LogP contribution in [0.4, 0.5) is 0 Å². The van der Waals surface area contributed by atoms with E-state index in [-0.39, 0.29) is 25.4 Å². The van der Waals surface area contributed by atoms with Crippen LogP contribution in [0.1, 0.15) is 25.8 Å². The van der Waals surface area contributed by atoms with E-state index in [1.165, 1.54) is 0 Å². The van der Waals surface area contributed by atoms with E-state index in [0.29, 0.717) is 0 Å². The molecule has 5 nitrogen and oxygen atoms in total. The molecule has 6 heteroatoms. The van der Waals surface area contributed by atoms with Crippen molar-refractivity contribution in [3.05, 3.63) is 48.6 Å². The molecule has 0 aliphatic carbocycles. The average molecular weight is 326 g/mol. The molecule has 122 valence electrons. The molecule has 0 heterocycles. The summed E-state index contributed by atoms with van der Waals surface area (Å²) in [7, 11) is -3.64. The smallest absolute Gasteiger partial charge is 0.330 e. The molecule has 0 bridgehead atoms. The zero-order valence-corrected chi connectivity index (χ0v) is 13.8. The number of carbonyl (C=O) groups excluding carboxylic acids is 1. The van der Waals surface area contributed by atoms with Crippen LogP contribution in [0, 0.1) is 0 Å². The average Bonchev–Trinajstić information content (AvgIpc) is 2.50. The summed E-state index contributed by atoms with van der Waals surface area (Å²) in [5, 5.41) is 0. The van der Waals surface area contributed by atoms with Gasteiger partial charge in [0, 0.05) is 11.5 Å². The van der Waals surface area contributed by atoms with Crippen molar-refractivity contribution < 1.29 is 22.1 Å². The highest BCUT2D eigenvalue weighted by molar-refractivity contribution is 7.86. The quantitative estimate of drug-likeness (QED) is 0.302. The van der Waals surface area contributed by atoms with Gasteiger partial charge in [-0.3, -0.25) is 4.18 Å². The van der Waals surface area contributed by atoms with E-state index < -0.39 is 21.5 Å². The van der Waals surface area contributed by atoms with Gasteiger partial charge in [-0.15, -0.1) is 0 Å². The Bertz CT molecular complexity index is 590. The molecule has 0 amide bonds. The molecule has 0 aliphatic rings. The second-order valence-corrected chi connectivity index (χ2v) is 7.26. The van der Waals surface area contributed by atoms with E-state index in [2.05, 4.69) is 6.58 Å². The van der Waals surface area contributed by atoms with Gasteiger partial charge in [0.2, 0.25) is 0 Å². The lowest BCUT2D eigenvalue weighted by molar-refractivity contribution is -0.137. The monoisotopic (exact) mass is 326 g/mol. The number of hydrogen-bond donors (Lipinski definition) is 0. The lowest BCUT2D eigenvalue weighted by Crippen LogP contribution is -2.27. The molecule has 0 saturated carbocycles. The first-order valence-electron chi connectivity index (χ1n) is 6.99. The van der Waals surface area contributed by atoms with E-state index in [1.54, 1.807) is 0 Å². The minimum Gasteiger partial charge on any atom is -0.463 e. The molecular weight excluding hydrogens is 304 g/mol. The van der Waals surface area contributed by atoms with Crippen molar-refractivity contribution in [2.24, 2.45) is 0 Å². The van der Waals surface area contributed by atoms with Crippen LogP contribution in [-0.4, -0.2) is 33.4 Å². The number of benzene rings is 1. The van der Waals surface area contributed by atoms with Crippen LogP contribution in [0.15, 0.2) is 43.0 Å². The summed E-state index contributed by atoms with van der Waals surface area (Å²) < 4.78 is 33.5. The third-order valence-corrected chi connectivity index (χ3v) is 4.37. The van der Waals surface area contributed by atoms with E-state index in [0.717, 1.165) is 11.6 Å². The third-order valence-electron chi connectivity index (χ3n) is 3.10. The van der Waals surface area contributed by atoms with Crippen LogP contribution in [0.25, 0.3) is 0 Å². The molecule has 0 radical (unpaired) electrons. The maximum Gasteiger partial charge on any atom is 0.330 e. The number of hydrogen-bond acceptors (Lipinski definition) is 5. The van der Waals surface area contributed by atoms with Gasteiger partial charge < -0.3 is 4.74 Å². The largest absolute Gasteiger partial charge is 0.463 e. The van der Waals surface area contributed by atoms with Gasteiger partial charge in [0.05, 0.1) is 19.0 Å². The highest BCUT2D eigenvalue weighted by Gasteiger charge is 2.24.